The third-order valence-electron chi connectivity index (χ3n) is 10.5. The van der Waals surface area contributed by atoms with Crippen molar-refractivity contribution >= 4 is 46.4 Å². The molecule has 1 unspecified atom stereocenters. The van der Waals surface area contributed by atoms with Crippen molar-refractivity contribution in [2.45, 2.75) is 32.2 Å². The number of phenolic OH excluding ortho intramolecular Hbond substituents is 2. The smallest absolute Gasteiger partial charge is 0.264 e. The third kappa shape index (κ3) is 7.98. The lowest BCUT2D eigenvalue weighted by Crippen LogP contribution is -2.54. The van der Waals surface area contributed by atoms with Gasteiger partial charge in [-0.2, -0.15) is 0 Å². The summed E-state index contributed by atoms with van der Waals surface area (Å²) in [6.45, 7) is 5.54. The van der Waals surface area contributed by atoms with E-state index in [9.17, 15) is 34.2 Å². The number of fused-ring (bicyclic) bond motifs is 1. The molecule has 2 fully saturated rings. The molecule has 3 heterocycles. The fraction of sp³-hybridized carbons (Fsp3) is 0.279. The van der Waals surface area contributed by atoms with Crippen LogP contribution in [0.2, 0.25) is 0 Å². The molecular weight excluding hydrogens is 714 g/mol. The number of phenols is 2. The maximum atomic E-state index is 13.4. The molecular formula is C43H43N5O8. The van der Waals surface area contributed by atoms with Gasteiger partial charge in [0.1, 0.15) is 29.9 Å². The predicted molar refractivity (Wildman–Crippen MR) is 209 cm³/mol. The van der Waals surface area contributed by atoms with Crippen LogP contribution < -0.4 is 15.4 Å². The van der Waals surface area contributed by atoms with E-state index in [0.717, 1.165) is 44.9 Å². The Bertz CT molecular complexity index is 2180. The van der Waals surface area contributed by atoms with E-state index in [1.54, 1.807) is 41.3 Å². The quantitative estimate of drug-likeness (QED) is 0.119. The second-order valence-corrected chi connectivity index (χ2v) is 13.9. The number of ether oxygens (including phenoxy) is 1. The topological polar surface area (TPSA) is 169 Å². The fourth-order valence-electron chi connectivity index (χ4n) is 7.51. The van der Waals surface area contributed by atoms with Gasteiger partial charge < -0.3 is 25.2 Å². The molecule has 4 aromatic carbocycles. The van der Waals surface area contributed by atoms with Crippen molar-refractivity contribution in [3.05, 3.63) is 119 Å². The number of nitrogens with zero attached hydrogens (tertiary/aromatic N) is 3. The maximum absolute atomic E-state index is 13.4. The summed E-state index contributed by atoms with van der Waals surface area (Å²) in [6, 6.07) is 26.0. The van der Waals surface area contributed by atoms with Gasteiger partial charge in [-0.25, -0.2) is 0 Å². The van der Waals surface area contributed by atoms with Gasteiger partial charge in [0, 0.05) is 44.8 Å². The molecule has 13 heteroatoms. The first-order valence-electron chi connectivity index (χ1n) is 18.7. The van der Waals surface area contributed by atoms with E-state index in [1.807, 2.05) is 48.5 Å². The molecule has 0 aromatic heterocycles. The number of hydrogen-bond donors (Lipinski definition) is 4. The van der Waals surface area contributed by atoms with Crippen LogP contribution in [-0.4, -0.2) is 106 Å². The third-order valence-corrected chi connectivity index (χ3v) is 10.5. The molecule has 0 radical (unpaired) electrons. The van der Waals surface area contributed by atoms with Crippen molar-refractivity contribution in [3.8, 4) is 17.2 Å². The van der Waals surface area contributed by atoms with Crippen LogP contribution in [0, 0.1) is 0 Å². The molecule has 0 bridgehead atoms. The molecule has 4 aromatic rings. The van der Waals surface area contributed by atoms with Crippen molar-refractivity contribution in [2.75, 3.05) is 51.2 Å². The van der Waals surface area contributed by atoms with Crippen LogP contribution in [0.3, 0.4) is 0 Å². The molecule has 288 valence electrons. The molecule has 0 spiro atoms. The second-order valence-electron chi connectivity index (χ2n) is 13.9. The molecule has 3 aliphatic rings. The van der Waals surface area contributed by atoms with Crippen molar-refractivity contribution < 1.29 is 38.9 Å². The summed E-state index contributed by atoms with van der Waals surface area (Å²) >= 11 is 0. The highest BCUT2D eigenvalue weighted by Gasteiger charge is 2.45. The van der Waals surface area contributed by atoms with Crippen molar-refractivity contribution in [2.24, 2.45) is 0 Å². The zero-order valence-electron chi connectivity index (χ0n) is 31.0. The highest BCUT2D eigenvalue weighted by Crippen LogP contribution is 2.36. The Morgan fingerprint density at radius 1 is 0.804 bits per heavy atom. The Kier molecular flexibility index (Phi) is 11.1. The first kappa shape index (κ1) is 37.8. The summed E-state index contributed by atoms with van der Waals surface area (Å²) in [5.74, 6) is -1.37. The van der Waals surface area contributed by atoms with Crippen LogP contribution in [0.5, 0.6) is 17.2 Å². The van der Waals surface area contributed by atoms with Crippen molar-refractivity contribution in [1.82, 2.24) is 20.0 Å². The van der Waals surface area contributed by atoms with Gasteiger partial charge in [0.15, 0.2) is 0 Å². The molecule has 4 N–H and O–H groups in total. The molecule has 0 aliphatic carbocycles. The van der Waals surface area contributed by atoms with Gasteiger partial charge in [0.05, 0.1) is 17.7 Å². The lowest BCUT2D eigenvalue weighted by molar-refractivity contribution is -0.136. The van der Waals surface area contributed by atoms with Gasteiger partial charge in [-0.15, -0.1) is 0 Å². The molecule has 56 heavy (non-hydrogen) atoms. The Hall–Kier alpha value is -6.47. The second kappa shape index (κ2) is 16.5. The number of rotatable bonds is 12. The number of piperazine rings is 1. The number of benzene rings is 4. The van der Waals surface area contributed by atoms with Gasteiger partial charge in [0.2, 0.25) is 17.7 Å². The van der Waals surface area contributed by atoms with E-state index in [-0.39, 0.29) is 47.9 Å². The minimum Gasteiger partial charge on any atom is -0.508 e. The molecule has 7 rings (SSSR count). The summed E-state index contributed by atoms with van der Waals surface area (Å²) in [6.07, 6.45) is 0.845. The monoisotopic (exact) mass is 757 g/mol. The number of nitrogens with one attached hydrogen (secondary N) is 2. The highest BCUT2D eigenvalue weighted by molar-refractivity contribution is 6.25. The Labute approximate surface area is 324 Å². The van der Waals surface area contributed by atoms with Gasteiger partial charge in [0.25, 0.3) is 11.8 Å². The summed E-state index contributed by atoms with van der Waals surface area (Å²) in [4.78, 5) is 68.7. The largest absolute Gasteiger partial charge is 0.508 e. The number of anilines is 1. The van der Waals surface area contributed by atoms with Crippen LogP contribution in [0.15, 0.2) is 91.0 Å². The molecule has 3 aliphatic heterocycles. The number of allylic oxidation sites excluding steroid dienone is 1. The van der Waals surface area contributed by atoms with E-state index in [1.165, 1.54) is 6.07 Å². The van der Waals surface area contributed by atoms with Gasteiger partial charge in [-0.05, 0) is 89.2 Å². The summed E-state index contributed by atoms with van der Waals surface area (Å²) in [5.41, 5.74) is 5.69. The van der Waals surface area contributed by atoms with Gasteiger partial charge in [-0.3, -0.25) is 39.1 Å². The van der Waals surface area contributed by atoms with Gasteiger partial charge in [-0.1, -0.05) is 49.4 Å². The number of piperidine rings is 1. The molecule has 1 atom stereocenters. The number of amides is 5. The highest BCUT2D eigenvalue weighted by atomic mass is 16.5. The Morgan fingerprint density at radius 3 is 2.05 bits per heavy atom. The SMILES string of the molecule is CCC(=C(c1ccc(O)cc1)c1ccc(OCCN2CCN(C(=O)CNc3cccc4c3C(=O)N(C3CCC(=O)NC3=O)C4=O)CC2)cc1)c1ccc(O)cc1. The Balaban J connectivity index is 0.909. The predicted octanol–water partition coefficient (Wildman–Crippen LogP) is 4.50. The molecule has 2 saturated heterocycles. The average molecular weight is 758 g/mol. The van der Waals surface area contributed by atoms with E-state index in [4.69, 9.17) is 4.74 Å². The summed E-state index contributed by atoms with van der Waals surface area (Å²) in [5, 5.41) is 25.0. The van der Waals surface area contributed by atoms with E-state index >= 15 is 0 Å². The van der Waals surface area contributed by atoms with E-state index < -0.39 is 29.7 Å². The van der Waals surface area contributed by atoms with E-state index in [0.29, 0.717) is 45.0 Å². The van der Waals surface area contributed by atoms with E-state index in [2.05, 4.69) is 22.5 Å². The minimum absolute atomic E-state index is 0.0322. The number of imide groups is 2. The van der Waals surface area contributed by atoms with Gasteiger partial charge >= 0.3 is 0 Å². The zero-order chi connectivity index (χ0) is 39.3. The molecule has 13 nitrogen and oxygen atoms in total. The average Bonchev–Trinajstić information content (AvgIpc) is 3.46. The lowest BCUT2D eigenvalue weighted by atomic mass is 9.88. The number of aromatic hydroxyl groups is 2. The first-order valence-corrected chi connectivity index (χ1v) is 18.7. The van der Waals surface area contributed by atoms with Crippen LogP contribution in [0.4, 0.5) is 5.69 Å². The molecule has 0 saturated carbocycles. The standard InChI is InChI=1S/C43H43N5O8/c1-2-33(27-6-12-30(49)13-7-27)39(28-8-14-31(50)15-9-28)29-10-16-32(17-11-29)56-25-24-46-20-22-47(23-21-46)38(52)26-44-35-5-3-4-34-40(35)43(55)48(42(34)54)36-18-19-37(51)45-41(36)53/h3-17,36,44,49-50H,2,18-26H2,1H3,(H,45,51,53). The molecule has 5 amide bonds. The minimum atomic E-state index is -1.07. The van der Waals surface area contributed by atoms with Crippen LogP contribution in [0.25, 0.3) is 11.1 Å². The lowest BCUT2D eigenvalue weighted by Gasteiger charge is -2.34. The van der Waals surface area contributed by atoms with Crippen LogP contribution in [-0.2, 0) is 14.4 Å². The number of carbonyl (C=O) groups is 5. The van der Waals surface area contributed by atoms with Crippen molar-refractivity contribution in [3.63, 3.8) is 0 Å². The Morgan fingerprint density at radius 2 is 1.43 bits per heavy atom. The summed E-state index contributed by atoms with van der Waals surface area (Å²) < 4.78 is 6.12. The fourth-order valence-corrected chi connectivity index (χ4v) is 7.51. The van der Waals surface area contributed by atoms with Crippen molar-refractivity contribution in [1.29, 1.82) is 0 Å². The number of carbonyl (C=O) groups excluding carboxylic acids is 5. The summed E-state index contributed by atoms with van der Waals surface area (Å²) in [7, 11) is 0. The normalized spacial score (nSPS) is 17.7. The number of hydrogen-bond acceptors (Lipinski definition) is 10. The van der Waals surface area contributed by atoms with Crippen LogP contribution in [0.1, 0.15) is 63.6 Å². The maximum Gasteiger partial charge on any atom is 0.264 e. The first-order chi connectivity index (χ1) is 27.1. The zero-order valence-corrected chi connectivity index (χ0v) is 31.0. The van der Waals surface area contributed by atoms with Crippen LogP contribution >= 0.6 is 0 Å².